The summed E-state index contributed by atoms with van der Waals surface area (Å²) in [6, 6.07) is 9.81. The number of aromatic nitrogens is 1. The Morgan fingerprint density at radius 1 is 1.25 bits per heavy atom. The summed E-state index contributed by atoms with van der Waals surface area (Å²) < 4.78 is 20.3. The lowest BCUT2D eigenvalue weighted by Crippen LogP contribution is -2.51. The molecule has 0 unspecified atom stereocenters. The number of benzene rings is 1. The van der Waals surface area contributed by atoms with Gasteiger partial charge < -0.3 is 19.8 Å². The maximum Gasteiger partial charge on any atom is 0.246 e. The number of amides is 2. The Morgan fingerprint density at radius 2 is 1.97 bits per heavy atom. The van der Waals surface area contributed by atoms with Crippen LogP contribution in [0, 0.1) is 12.8 Å². The highest BCUT2D eigenvalue weighted by atomic mass is 32.1. The summed E-state index contributed by atoms with van der Waals surface area (Å²) in [7, 11) is 0. The molecular weight excluding hydrogens is 481 g/mol. The molecule has 4 rings (SSSR count). The van der Waals surface area contributed by atoms with Crippen LogP contribution in [-0.2, 0) is 9.59 Å². The van der Waals surface area contributed by atoms with Gasteiger partial charge in [0.15, 0.2) is 6.17 Å². The number of rotatable bonds is 8. The van der Waals surface area contributed by atoms with Gasteiger partial charge in [0.2, 0.25) is 11.8 Å². The largest absolute Gasteiger partial charge is 0.388 e. The molecule has 0 spiro atoms. The number of halogens is 1. The second kappa shape index (κ2) is 10.9. The number of aliphatic hydroxyl groups is 1. The first kappa shape index (κ1) is 26.0. The lowest BCUT2D eigenvalue weighted by Gasteiger charge is -2.30. The van der Waals surface area contributed by atoms with Gasteiger partial charge in [-0.2, -0.15) is 0 Å². The van der Waals surface area contributed by atoms with Gasteiger partial charge in [0, 0.05) is 10.9 Å². The van der Waals surface area contributed by atoms with Crippen LogP contribution in [0.3, 0.4) is 0 Å². The average molecular weight is 514 g/mol. The molecule has 192 valence electrons. The number of hydrogen-bond donors (Lipinski definition) is 2. The molecular formula is C27H32FN3O4S. The predicted molar refractivity (Wildman–Crippen MR) is 136 cm³/mol. The van der Waals surface area contributed by atoms with Gasteiger partial charge >= 0.3 is 0 Å². The molecule has 2 aromatic heterocycles. The van der Waals surface area contributed by atoms with Gasteiger partial charge in [-0.25, -0.2) is 4.39 Å². The molecule has 0 bridgehead atoms. The third kappa shape index (κ3) is 5.08. The number of thiophene rings is 1. The van der Waals surface area contributed by atoms with E-state index in [9.17, 15) is 14.7 Å². The first-order valence-electron chi connectivity index (χ1n) is 12.2. The van der Waals surface area contributed by atoms with E-state index in [1.165, 1.54) is 16.6 Å². The molecule has 1 aliphatic heterocycles. The van der Waals surface area contributed by atoms with Crippen LogP contribution in [0.1, 0.15) is 56.0 Å². The standard InChI is InChI=1S/C27H32FN3O4S/c1-5-19(17-6-8-18(9-7-17)25-16(4)11-13-36-25)30-26(33)24-23(28)20(32)14-31(24)27(34)22(15(2)3)21-10-12-29-35-21/h6-13,15,19-20,22-24,32H,5,14H2,1-4H3,(H,30,33)/t19-,20-,22+,23-,24-/m0/s1. The summed E-state index contributed by atoms with van der Waals surface area (Å²) in [6.45, 7) is 7.42. The van der Waals surface area contributed by atoms with Crippen molar-refractivity contribution in [2.45, 2.75) is 64.4 Å². The summed E-state index contributed by atoms with van der Waals surface area (Å²) >= 11 is 1.67. The van der Waals surface area contributed by atoms with Gasteiger partial charge in [-0.05, 0) is 47.4 Å². The summed E-state index contributed by atoms with van der Waals surface area (Å²) in [4.78, 5) is 29.2. The van der Waals surface area contributed by atoms with Crippen LogP contribution in [0.4, 0.5) is 4.39 Å². The summed E-state index contributed by atoms with van der Waals surface area (Å²) in [5.74, 6) is -1.67. The van der Waals surface area contributed by atoms with Gasteiger partial charge in [-0.3, -0.25) is 9.59 Å². The van der Waals surface area contributed by atoms with Crippen LogP contribution in [0.5, 0.6) is 0 Å². The first-order valence-corrected chi connectivity index (χ1v) is 13.1. The fourth-order valence-electron chi connectivity index (χ4n) is 4.82. The van der Waals surface area contributed by atoms with Crippen LogP contribution in [0.2, 0.25) is 0 Å². The number of aryl methyl sites for hydroxylation is 1. The average Bonchev–Trinajstić information content (AvgIpc) is 3.59. The van der Waals surface area contributed by atoms with Crippen molar-refractivity contribution in [2.24, 2.45) is 5.92 Å². The molecule has 3 heterocycles. The van der Waals surface area contributed by atoms with Gasteiger partial charge in [0.25, 0.3) is 0 Å². The van der Waals surface area contributed by atoms with E-state index in [0.29, 0.717) is 12.2 Å². The number of alkyl halides is 1. The topological polar surface area (TPSA) is 95.7 Å². The van der Waals surface area contributed by atoms with Crippen LogP contribution >= 0.6 is 11.3 Å². The van der Waals surface area contributed by atoms with Crippen LogP contribution in [-0.4, -0.2) is 51.8 Å². The highest BCUT2D eigenvalue weighted by Gasteiger charge is 2.50. The number of nitrogens with zero attached hydrogens (tertiary/aromatic N) is 2. The van der Waals surface area contributed by atoms with Crippen LogP contribution < -0.4 is 5.32 Å². The maximum absolute atomic E-state index is 15.1. The van der Waals surface area contributed by atoms with Crippen molar-refractivity contribution in [3.05, 3.63) is 64.9 Å². The SMILES string of the molecule is CC[C@H](NC(=O)[C@@H]1[C@@H](F)[C@@H](O)CN1C(=O)[C@@H](c1ccno1)C(C)C)c1ccc(-c2sccc2C)cc1. The molecule has 0 radical (unpaired) electrons. The Hall–Kier alpha value is -3.04. The van der Waals surface area contributed by atoms with Crippen molar-refractivity contribution in [2.75, 3.05) is 6.54 Å². The second-order valence-electron chi connectivity index (χ2n) is 9.61. The van der Waals surface area contributed by atoms with Crippen molar-refractivity contribution in [3.8, 4) is 10.4 Å². The summed E-state index contributed by atoms with van der Waals surface area (Å²) in [5.41, 5.74) is 3.19. The Labute approximate surface area is 214 Å². The van der Waals surface area contributed by atoms with Crippen molar-refractivity contribution >= 4 is 23.2 Å². The molecule has 0 aliphatic carbocycles. The highest BCUT2D eigenvalue weighted by molar-refractivity contribution is 7.13. The van der Waals surface area contributed by atoms with E-state index >= 15 is 4.39 Å². The van der Waals surface area contributed by atoms with Crippen molar-refractivity contribution in [3.63, 3.8) is 0 Å². The molecule has 1 aliphatic rings. The fourth-order valence-corrected chi connectivity index (χ4v) is 5.76. The zero-order valence-electron chi connectivity index (χ0n) is 20.8. The minimum atomic E-state index is -1.89. The first-order chi connectivity index (χ1) is 17.2. The lowest BCUT2D eigenvalue weighted by atomic mass is 9.91. The third-order valence-corrected chi connectivity index (χ3v) is 7.87. The number of β-amino-alcohol motifs (C(OH)–C–C–N with tert-alkyl or cyclic N) is 1. The van der Waals surface area contributed by atoms with Gasteiger partial charge in [-0.15, -0.1) is 11.3 Å². The van der Waals surface area contributed by atoms with E-state index in [4.69, 9.17) is 4.52 Å². The molecule has 1 aromatic carbocycles. The molecule has 3 aromatic rings. The van der Waals surface area contributed by atoms with Gasteiger partial charge in [0.05, 0.1) is 18.8 Å². The van der Waals surface area contributed by atoms with Crippen molar-refractivity contribution < 1.29 is 23.6 Å². The molecule has 9 heteroatoms. The highest BCUT2D eigenvalue weighted by Crippen LogP contribution is 2.33. The molecule has 2 amide bonds. The number of carbonyl (C=O) groups excluding carboxylic acids is 2. The predicted octanol–water partition coefficient (Wildman–Crippen LogP) is 4.63. The van der Waals surface area contributed by atoms with E-state index < -0.39 is 36.0 Å². The molecule has 36 heavy (non-hydrogen) atoms. The molecule has 5 atom stereocenters. The maximum atomic E-state index is 15.1. The Balaban J connectivity index is 1.53. The van der Waals surface area contributed by atoms with Crippen LogP contribution in [0.15, 0.2) is 52.5 Å². The number of aliphatic hydroxyl groups excluding tert-OH is 1. The lowest BCUT2D eigenvalue weighted by molar-refractivity contribution is -0.142. The molecule has 1 fully saturated rings. The second-order valence-corrected chi connectivity index (χ2v) is 10.5. The number of likely N-dealkylation sites (tertiary alicyclic amines) is 1. The van der Waals surface area contributed by atoms with Crippen molar-refractivity contribution in [1.29, 1.82) is 0 Å². The number of hydrogen-bond acceptors (Lipinski definition) is 6. The van der Waals surface area contributed by atoms with E-state index in [2.05, 4.69) is 28.8 Å². The van der Waals surface area contributed by atoms with Crippen molar-refractivity contribution in [1.82, 2.24) is 15.4 Å². The number of carbonyl (C=O) groups is 2. The Kier molecular flexibility index (Phi) is 7.90. The summed E-state index contributed by atoms with van der Waals surface area (Å²) in [5, 5.41) is 18.9. The number of nitrogens with one attached hydrogen (secondary N) is 1. The molecule has 1 saturated heterocycles. The monoisotopic (exact) mass is 513 g/mol. The van der Waals surface area contributed by atoms with E-state index in [1.54, 1.807) is 17.4 Å². The molecule has 2 N–H and O–H groups in total. The molecule has 0 saturated carbocycles. The van der Waals surface area contributed by atoms with E-state index in [-0.39, 0.29) is 18.5 Å². The Bertz CT molecular complexity index is 1180. The smallest absolute Gasteiger partial charge is 0.246 e. The van der Waals surface area contributed by atoms with E-state index in [0.717, 1.165) is 16.0 Å². The van der Waals surface area contributed by atoms with E-state index in [1.807, 2.05) is 45.0 Å². The normalized spacial score (nSPS) is 21.5. The van der Waals surface area contributed by atoms with Gasteiger partial charge in [-0.1, -0.05) is 50.2 Å². The minimum Gasteiger partial charge on any atom is -0.388 e. The fraction of sp³-hybridized carbons (Fsp3) is 0.444. The quantitative estimate of drug-likeness (QED) is 0.458. The zero-order valence-corrected chi connectivity index (χ0v) is 21.7. The van der Waals surface area contributed by atoms with Crippen LogP contribution in [0.25, 0.3) is 10.4 Å². The Morgan fingerprint density at radius 3 is 2.53 bits per heavy atom. The summed E-state index contributed by atoms with van der Waals surface area (Å²) in [6.07, 6.45) is -1.31. The van der Waals surface area contributed by atoms with Gasteiger partial charge in [0.1, 0.15) is 23.8 Å². The minimum absolute atomic E-state index is 0.182. The zero-order chi connectivity index (χ0) is 26.0. The molecule has 7 nitrogen and oxygen atoms in total. The third-order valence-electron chi connectivity index (χ3n) is 6.80.